The molecule has 2 aliphatic heterocycles. The molecule has 2 fully saturated rings. The number of benzene rings is 2. The molecule has 5 nitrogen and oxygen atoms in total. The standard InChI is InChI=1S/C28H37ClN4O/c1-20-18-26(30-23-10-8-22(29)9-11-23)25-19-24(12-13-27(25)31(20)2)32-14-16-33(17-15-32)28(34)21-6-4-3-5-7-21/h8-13,19-21,26,30H,3-7,14-18H2,1-2H3. The maximum atomic E-state index is 13.0. The van der Waals surface area contributed by atoms with Crippen molar-refractivity contribution >= 4 is 34.6 Å². The van der Waals surface area contributed by atoms with Crippen LogP contribution in [0.5, 0.6) is 0 Å². The van der Waals surface area contributed by atoms with E-state index in [0.29, 0.717) is 11.9 Å². The number of carbonyl (C=O) groups is 1. The van der Waals surface area contributed by atoms with E-state index in [0.717, 1.165) is 56.2 Å². The lowest BCUT2D eigenvalue weighted by Gasteiger charge is -2.41. The summed E-state index contributed by atoms with van der Waals surface area (Å²) in [6, 6.07) is 15.6. The number of nitrogens with one attached hydrogen (secondary N) is 1. The maximum Gasteiger partial charge on any atom is 0.225 e. The van der Waals surface area contributed by atoms with Gasteiger partial charge in [0.2, 0.25) is 5.91 Å². The molecule has 2 heterocycles. The third kappa shape index (κ3) is 4.86. The molecule has 1 saturated heterocycles. The summed E-state index contributed by atoms with van der Waals surface area (Å²) < 4.78 is 0. The number of piperazine rings is 1. The van der Waals surface area contributed by atoms with Gasteiger partial charge in [-0.25, -0.2) is 0 Å². The first-order valence-electron chi connectivity index (χ1n) is 12.9. The van der Waals surface area contributed by atoms with E-state index in [1.807, 2.05) is 12.1 Å². The average Bonchev–Trinajstić information content (AvgIpc) is 2.88. The van der Waals surface area contributed by atoms with Crippen LogP contribution in [0.4, 0.5) is 17.1 Å². The van der Waals surface area contributed by atoms with Crippen LogP contribution in [0.15, 0.2) is 42.5 Å². The van der Waals surface area contributed by atoms with Crippen LogP contribution in [0, 0.1) is 5.92 Å². The van der Waals surface area contributed by atoms with Crippen molar-refractivity contribution < 1.29 is 4.79 Å². The van der Waals surface area contributed by atoms with Gasteiger partial charge >= 0.3 is 0 Å². The van der Waals surface area contributed by atoms with Crippen LogP contribution < -0.4 is 15.1 Å². The molecular formula is C28H37ClN4O. The molecule has 0 bridgehead atoms. The highest BCUT2D eigenvalue weighted by Gasteiger charge is 2.31. The lowest BCUT2D eigenvalue weighted by Crippen LogP contribution is -2.50. The number of fused-ring (bicyclic) bond motifs is 1. The maximum absolute atomic E-state index is 13.0. The molecule has 0 spiro atoms. The van der Waals surface area contributed by atoms with Crippen LogP contribution >= 0.6 is 11.6 Å². The Labute approximate surface area is 209 Å². The van der Waals surface area contributed by atoms with Crippen molar-refractivity contribution in [1.82, 2.24) is 4.90 Å². The number of carbonyl (C=O) groups excluding carboxylic acids is 1. The van der Waals surface area contributed by atoms with Crippen LogP contribution in [0.2, 0.25) is 5.02 Å². The first kappa shape index (κ1) is 23.3. The minimum Gasteiger partial charge on any atom is -0.378 e. The zero-order chi connectivity index (χ0) is 23.7. The van der Waals surface area contributed by atoms with Gasteiger partial charge in [0.05, 0.1) is 6.04 Å². The third-order valence-electron chi connectivity index (χ3n) is 8.10. The molecule has 182 valence electrons. The van der Waals surface area contributed by atoms with Crippen molar-refractivity contribution in [1.29, 1.82) is 0 Å². The van der Waals surface area contributed by atoms with Crippen LogP contribution in [0.25, 0.3) is 0 Å². The summed E-state index contributed by atoms with van der Waals surface area (Å²) >= 11 is 6.09. The van der Waals surface area contributed by atoms with Crippen molar-refractivity contribution in [3.63, 3.8) is 0 Å². The molecule has 0 radical (unpaired) electrons. The molecule has 2 aromatic carbocycles. The highest BCUT2D eigenvalue weighted by molar-refractivity contribution is 6.30. The molecule has 6 heteroatoms. The summed E-state index contributed by atoms with van der Waals surface area (Å²) in [7, 11) is 2.19. The van der Waals surface area contributed by atoms with Gasteiger partial charge in [-0.15, -0.1) is 0 Å². The van der Waals surface area contributed by atoms with Crippen molar-refractivity contribution in [3.8, 4) is 0 Å². The SMILES string of the molecule is CC1CC(Nc2ccc(Cl)cc2)c2cc(N3CCN(C(=O)C4CCCCC4)CC3)ccc2N1C. The monoisotopic (exact) mass is 480 g/mol. The van der Waals surface area contributed by atoms with Gasteiger partial charge in [-0.3, -0.25) is 4.79 Å². The Morgan fingerprint density at radius 1 is 0.971 bits per heavy atom. The van der Waals surface area contributed by atoms with Gasteiger partial charge in [0.25, 0.3) is 0 Å². The van der Waals surface area contributed by atoms with E-state index in [9.17, 15) is 4.79 Å². The number of anilines is 3. The highest BCUT2D eigenvalue weighted by Crippen LogP contribution is 2.40. The van der Waals surface area contributed by atoms with Gasteiger partial charge in [-0.2, -0.15) is 0 Å². The molecule has 0 aromatic heterocycles. The lowest BCUT2D eigenvalue weighted by atomic mass is 9.88. The summed E-state index contributed by atoms with van der Waals surface area (Å²) in [6.45, 7) is 5.75. The van der Waals surface area contributed by atoms with E-state index in [2.05, 4.69) is 64.3 Å². The smallest absolute Gasteiger partial charge is 0.225 e. The first-order chi connectivity index (χ1) is 16.5. The zero-order valence-corrected chi connectivity index (χ0v) is 21.2. The Morgan fingerprint density at radius 2 is 1.68 bits per heavy atom. The predicted molar refractivity (Wildman–Crippen MR) is 142 cm³/mol. The van der Waals surface area contributed by atoms with Crippen LogP contribution in [-0.2, 0) is 4.79 Å². The molecule has 5 rings (SSSR count). The molecule has 1 N–H and O–H groups in total. The summed E-state index contributed by atoms with van der Waals surface area (Å²) in [5.74, 6) is 0.661. The summed E-state index contributed by atoms with van der Waals surface area (Å²) in [6.07, 6.45) is 6.92. The molecule has 1 aliphatic carbocycles. The number of rotatable bonds is 4. The first-order valence-corrected chi connectivity index (χ1v) is 13.3. The summed E-state index contributed by atoms with van der Waals surface area (Å²) in [4.78, 5) is 19.9. The Morgan fingerprint density at radius 3 is 2.38 bits per heavy atom. The van der Waals surface area contributed by atoms with Gasteiger partial charge in [0, 0.05) is 67.3 Å². The lowest BCUT2D eigenvalue weighted by molar-refractivity contribution is -0.136. The molecule has 3 aliphatic rings. The second kappa shape index (κ2) is 10.1. The second-order valence-electron chi connectivity index (χ2n) is 10.3. The average molecular weight is 481 g/mol. The topological polar surface area (TPSA) is 38.8 Å². The van der Waals surface area contributed by atoms with E-state index in [-0.39, 0.29) is 12.0 Å². The minimum atomic E-state index is 0.247. The quantitative estimate of drug-likeness (QED) is 0.586. The Balaban J connectivity index is 1.30. The Bertz CT molecular complexity index is 996. The minimum absolute atomic E-state index is 0.247. The number of hydrogen-bond donors (Lipinski definition) is 1. The molecule has 2 unspecified atom stereocenters. The predicted octanol–water partition coefficient (Wildman–Crippen LogP) is 5.95. The van der Waals surface area contributed by atoms with E-state index in [1.54, 1.807) is 0 Å². The van der Waals surface area contributed by atoms with Gasteiger partial charge in [0.15, 0.2) is 0 Å². The molecule has 2 atom stereocenters. The fourth-order valence-electron chi connectivity index (χ4n) is 5.88. The van der Waals surface area contributed by atoms with Gasteiger partial charge in [-0.1, -0.05) is 30.9 Å². The second-order valence-corrected chi connectivity index (χ2v) is 10.7. The third-order valence-corrected chi connectivity index (χ3v) is 8.35. The molecule has 1 saturated carbocycles. The van der Waals surface area contributed by atoms with Gasteiger partial charge in [-0.05, 0) is 74.2 Å². The fourth-order valence-corrected chi connectivity index (χ4v) is 6.01. The van der Waals surface area contributed by atoms with E-state index in [1.165, 1.54) is 36.2 Å². The van der Waals surface area contributed by atoms with Crippen molar-refractivity contribution in [2.75, 3.05) is 48.3 Å². The number of amides is 1. The molecule has 2 aromatic rings. The Hall–Kier alpha value is -2.40. The molecule has 34 heavy (non-hydrogen) atoms. The fraction of sp³-hybridized carbons (Fsp3) is 0.536. The van der Waals surface area contributed by atoms with Gasteiger partial charge < -0.3 is 20.0 Å². The Kier molecular flexibility index (Phi) is 6.91. The van der Waals surface area contributed by atoms with Crippen LogP contribution in [-0.4, -0.2) is 50.1 Å². The number of hydrogen-bond acceptors (Lipinski definition) is 4. The van der Waals surface area contributed by atoms with E-state index < -0.39 is 0 Å². The molecule has 1 amide bonds. The van der Waals surface area contributed by atoms with Crippen molar-refractivity contribution in [2.45, 2.75) is 57.5 Å². The summed E-state index contributed by atoms with van der Waals surface area (Å²) in [5.41, 5.74) is 4.99. The largest absolute Gasteiger partial charge is 0.378 e. The highest BCUT2D eigenvalue weighted by atomic mass is 35.5. The van der Waals surface area contributed by atoms with E-state index in [4.69, 9.17) is 11.6 Å². The van der Waals surface area contributed by atoms with Crippen LogP contribution in [0.3, 0.4) is 0 Å². The van der Waals surface area contributed by atoms with Gasteiger partial charge in [0.1, 0.15) is 0 Å². The van der Waals surface area contributed by atoms with Crippen molar-refractivity contribution in [2.24, 2.45) is 5.92 Å². The van der Waals surface area contributed by atoms with Crippen LogP contribution in [0.1, 0.15) is 57.1 Å². The van der Waals surface area contributed by atoms with Crippen molar-refractivity contribution in [3.05, 3.63) is 53.1 Å². The zero-order valence-electron chi connectivity index (χ0n) is 20.5. The summed E-state index contributed by atoms with van der Waals surface area (Å²) in [5, 5.41) is 4.50. The normalized spacial score (nSPS) is 23.6. The molecular weight excluding hydrogens is 444 g/mol. The number of halogens is 1. The van der Waals surface area contributed by atoms with E-state index >= 15 is 0 Å². The number of nitrogens with zero attached hydrogens (tertiary/aromatic N) is 3.